The normalized spacial score (nSPS) is 13.6. The number of benzene rings is 22. The number of hydrogen-bond acceptors (Lipinski definition) is 4. The minimum Gasteiger partial charge on any atom is -0.311 e. The molecule has 0 unspecified atom stereocenters. The summed E-state index contributed by atoms with van der Waals surface area (Å²) in [5.74, 6) is 0. The zero-order chi connectivity index (χ0) is 94.2. The first-order valence-electron chi connectivity index (χ1n) is 49.3. The highest BCUT2D eigenvalue weighted by atomic mass is 32.1. The molecule has 2 nitrogen and oxygen atoms in total. The summed E-state index contributed by atoms with van der Waals surface area (Å²) in [6.07, 6.45) is 0. The van der Waals surface area contributed by atoms with Gasteiger partial charge in [0, 0.05) is 79.9 Å². The molecule has 0 bridgehead atoms. The van der Waals surface area contributed by atoms with Crippen LogP contribution in [-0.4, -0.2) is 0 Å². The monoisotopic (exact) mass is 1840 g/mol. The Morgan fingerprint density at radius 1 is 0.148 bits per heavy atom. The topological polar surface area (TPSA) is 6.48 Å². The van der Waals surface area contributed by atoms with Crippen molar-refractivity contribution >= 4 is 97.1 Å². The lowest BCUT2D eigenvalue weighted by molar-refractivity contribution is 0.563. The van der Waals surface area contributed by atoms with Gasteiger partial charge < -0.3 is 9.80 Å². The van der Waals surface area contributed by atoms with Crippen LogP contribution in [0, 0.1) is 0 Å². The zero-order valence-corrected chi connectivity index (χ0v) is 80.2. The van der Waals surface area contributed by atoms with E-state index in [-0.39, 0.29) is 5.41 Å². The van der Waals surface area contributed by atoms with E-state index in [2.05, 4.69) is 557 Å². The van der Waals surface area contributed by atoms with Gasteiger partial charge in [-0.15, -0.1) is 22.7 Å². The van der Waals surface area contributed by atoms with Crippen LogP contribution < -0.4 is 9.80 Å². The summed E-state index contributed by atoms with van der Waals surface area (Å²) < 4.78 is 5.30. The first kappa shape index (κ1) is 84.2. The highest BCUT2D eigenvalue weighted by Gasteiger charge is 2.58. The van der Waals surface area contributed by atoms with Crippen molar-refractivity contribution in [2.24, 2.45) is 0 Å². The fourth-order valence-corrected chi connectivity index (χ4v) is 26.8. The zero-order valence-electron chi connectivity index (χ0n) is 78.5. The second-order valence-electron chi connectivity index (χ2n) is 38.7. The molecule has 2 aromatic heterocycles. The number of thiophene rings is 2. The Morgan fingerprint density at radius 2 is 0.366 bits per heavy atom. The van der Waals surface area contributed by atoms with E-state index in [4.69, 9.17) is 0 Å². The fourth-order valence-electron chi connectivity index (χ4n) is 24.6. The van der Waals surface area contributed by atoms with Gasteiger partial charge in [0.2, 0.25) is 0 Å². The Morgan fingerprint density at radius 3 is 0.697 bits per heavy atom. The Balaban J connectivity index is 0.000000143. The lowest BCUT2D eigenvalue weighted by Crippen LogP contribution is -2.44. The van der Waals surface area contributed by atoms with Gasteiger partial charge in [-0.2, -0.15) is 0 Å². The maximum absolute atomic E-state index is 2.45. The van der Waals surface area contributed by atoms with Gasteiger partial charge in [0.25, 0.3) is 0 Å². The highest BCUT2D eigenvalue weighted by molar-refractivity contribution is 7.26. The first-order chi connectivity index (χ1) is 70.1. The van der Waals surface area contributed by atoms with Crippen LogP contribution in [0.1, 0.15) is 91.7 Å². The quantitative estimate of drug-likeness (QED) is 0.107. The molecule has 4 aliphatic carbocycles. The van der Waals surface area contributed by atoms with Crippen molar-refractivity contribution < 1.29 is 0 Å². The van der Waals surface area contributed by atoms with Gasteiger partial charge >= 0.3 is 0 Å². The summed E-state index contributed by atoms with van der Waals surface area (Å²) >= 11 is 3.72. The van der Waals surface area contributed by atoms with E-state index in [0.29, 0.717) is 0 Å². The Hall–Kier alpha value is -17.1. The molecule has 0 amide bonds. The Bertz CT molecular complexity index is 8870. The molecular weight excluding hydrogens is 1750 g/mol. The van der Waals surface area contributed by atoms with Crippen LogP contribution in [0.2, 0.25) is 0 Å². The van der Waals surface area contributed by atoms with Crippen molar-refractivity contribution in [2.75, 3.05) is 9.80 Å². The number of anilines is 6. The van der Waals surface area contributed by atoms with E-state index in [1.807, 2.05) is 22.7 Å². The summed E-state index contributed by atoms with van der Waals surface area (Å²) in [4.78, 5) is 4.75. The van der Waals surface area contributed by atoms with Crippen LogP contribution in [0.3, 0.4) is 0 Å². The van der Waals surface area contributed by atoms with Crippen molar-refractivity contribution in [1.29, 1.82) is 0 Å². The molecule has 0 aliphatic heterocycles. The van der Waals surface area contributed by atoms with Crippen molar-refractivity contribution in [3.05, 3.63) is 612 Å². The SMILES string of the molecule is CC1(C)c2ccccc2C2(c3ccccc3-c3cc(-c4ccc(N(c5ccc(-c6ccccc6)cc5)c5ccc(-c6ccc7sc8ccccc8c7c6)cc5)cc4)ccc32)c2ccccc21.c1ccc(-c2ccc(N(c3ccc(-c4ccc5c(c4)-c4ccccc4C54c5ccccc5C(c5ccccc5)(c5ccccc5)c5ccccc54)cc3)c3ccc(-c4ccc5sc6ccccc6c5c4)cc3)cc2)cc1. The largest absolute Gasteiger partial charge is 0.311 e. The predicted molar refractivity (Wildman–Crippen MR) is 599 cm³/mol. The molecule has 2 heterocycles. The number of rotatable bonds is 14. The number of nitrogens with zero attached hydrogens (tertiary/aromatic N) is 2. The van der Waals surface area contributed by atoms with Gasteiger partial charge in [0.1, 0.15) is 0 Å². The lowest BCUT2D eigenvalue weighted by atomic mass is 9.51. The van der Waals surface area contributed by atoms with Gasteiger partial charge in [-0.1, -0.05) is 426 Å². The maximum atomic E-state index is 2.45. The minimum atomic E-state index is -0.536. The third kappa shape index (κ3) is 13.3. The minimum absolute atomic E-state index is 0.119. The summed E-state index contributed by atoms with van der Waals surface area (Å²) in [5.41, 5.74) is 43.4. The van der Waals surface area contributed by atoms with Gasteiger partial charge in [-0.05, 0) is 288 Å². The van der Waals surface area contributed by atoms with Gasteiger partial charge in [-0.3, -0.25) is 0 Å². The van der Waals surface area contributed by atoms with Crippen LogP contribution in [0.15, 0.2) is 534 Å². The molecule has 24 aromatic rings. The second kappa shape index (κ2) is 33.9. The molecule has 0 N–H and O–H groups in total. The third-order valence-electron chi connectivity index (χ3n) is 31.0. The highest BCUT2D eigenvalue weighted by Crippen LogP contribution is 2.67. The predicted octanol–water partition coefficient (Wildman–Crippen LogP) is 37.1. The molecule has 0 saturated carbocycles. The molecule has 2 spiro atoms. The van der Waals surface area contributed by atoms with Gasteiger partial charge in [0.15, 0.2) is 0 Å². The number of hydrogen-bond donors (Lipinski definition) is 0. The Labute approximate surface area is 836 Å². The van der Waals surface area contributed by atoms with E-state index in [1.165, 1.54) is 207 Å². The van der Waals surface area contributed by atoms with Crippen LogP contribution in [-0.2, 0) is 21.7 Å². The molecule has 0 atom stereocenters. The van der Waals surface area contributed by atoms with E-state index in [1.54, 1.807) is 0 Å². The van der Waals surface area contributed by atoms with E-state index < -0.39 is 16.2 Å². The number of fused-ring (bicyclic) bond motifs is 24. The molecule has 0 radical (unpaired) electrons. The summed E-state index contributed by atoms with van der Waals surface area (Å²) in [6.45, 7) is 4.77. The summed E-state index contributed by atoms with van der Waals surface area (Å²) in [5, 5.41) is 5.27. The van der Waals surface area contributed by atoms with E-state index >= 15 is 0 Å². The second-order valence-corrected chi connectivity index (χ2v) is 40.9. The summed E-state index contributed by atoms with van der Waals surface area (Å²) in [6, 6.07) is 199. The molecular formula is C138H94N2S2. The lowest BCUT2D eigenvalue weighted by Gasteiger charge is -2.50. The smallest absolute Gasteiger partial charge is 0.0720 e. The molecule has 0 saturated heterocycles. The van der Waals surface area contributed by atoms with Crippen LogP contribution in [0.5, 0.6) is 0 Å². The van der Waals surface area contributed by atoms with E-state index in [9.17, 15) is 0 Å². The maximum Gasteiger partial charge on any atom is 0.0720 e. The van der Waals surface area contributed by atoms with Crippen molar-refractivity contribution in [1.82, 2.24) is 0 Å². The van der Waals surface area contributed by atoms with E-state index in [0.717, 1.165) is 34.1 Å². The average molecular weight is 1840 g/mol. The summed E-state index contributed by atoms with van der Waals surface area (Å²) in [7, 11) is 0. The molecule has 0 fully saturated rings. The van der Waals surface area contributed by atoms with Crippen LogP contribution in [0.4, 0.5) is 34.1 Å². The Kier molecular flexibility index (Phi) is 20.1. The molecule has 4 aliphatic rings. The standard InChI is InChI=1S/C74H49NS.C64H45NS/c1-4-18-50(19-5-1)51-32-40-58(41-33-51)75(60-44-36-53(37-45-60)55-39-47-72-64(49-55)62-25-11-17-31-71(62)76-72)59-42-34-52(35-43-59)54-38-46-66-63(48-54)61-24-10-12-26-65(61)74(66)69-29-15-13-27-67(69)73(56-20-6-2-7-21-56,57-22-8-3-9-23-57)68-28-14-16-30-70(68)74;1-63(2)57-19-9-11-21-59(57)64(60-22-12-10-20-58(60)63)55-18-8-6-16-51(55)53-40-46(30-38-56(53)64)44-26-34-49(35-27-44)65(48-32-24-43(25-33-48)42-14-4-3-5-15-42)50-36-28-45(29-37-50)47-31-39-62-54(41-47)52-17-7-13-23-61(52)66-62/h1-49H;3-41H,1-2H3. The fraction of sp³-hybridized carbons (Fsp3) is 0.0435. The van der Waals surface area contributed by atoms with Crippen molar-refractivity contribution in [3.63, 3.8) is 0 Å². The van der Waals surface area contributed by atoms with Gasteiger partial charge in [0.05, 0.1) is 16.2 Å². The van der Waals surface area contributed by atoms with Crippen LogP contribution >= 0.6 is 22.7 Å². The van der Waals surface area contributed by atoms with Gasteiger partial charge in [-0.25, -0.2) is 0 Å². The first-order valence-corrected chi connectivity index (χ1v) is 50.9. The van der Waals surface area contributed by atoms with Crippen molar-refractivity contribution in [2.45, 2.75) is 35.5 Å². The van der Waals surface area contributed by atoms with Crippen LogP contribution in [0.25, 0.3) is 129 Å². The molecule has 22 aromatic carbocycles. The third-order valence-corrected chi connectivity index (χ3v) is 33.3. The van der Waals surface area contributed by atoms with Crippen molar-refractivity contribution in [3.8, 4) is 89.0 Å². The molecule has 28 rings (SSSR count). The molecule has 142 heavy (non-hydrogen) atoms. The molecule has 4 heteroatoms. The average Bonchev–Trinajstić information content (AvgIpc) is 1.60. The molecule has 668 valence electrons.